The van der Waals surface area contributed by atoms with Gasteiger partial charge in [-0.15, -0.1) is 0 Å². The predicted octanol–water partition coefficient (Wildman–Crippen LogP) is 5.70. The highest BCUT2D eigenvalue weighted by Crippen LogP contribution is 2.22. The molecule has 1 unspecified atom stereocenters. The first kappa shape index (κ1) is 20.7. The molecule has 0 aliphatic carbocycles. The first-order valence-electron chi connectivity index (χ1n) is 9.51. The molecule has 0 amide bonds. The quantitative estimate of drug-likeness (QED) is 0.625. The van der Waals surface area contributed by atoms with Crippen LogP contribution in [0.15, 0.2) is 48.5 Å². The molecule has 0 aromatic heterocycles. The van der Waals surface area contributed by atoms with E-state index in [1.807, 2.05) is 12.1 Å². The number of sulfone groups is 1. The molecule has 1 atom stereocenters. The lowest BCUT2D eigenvalue weighted by molar-refractivity contribution is 0.559. The van der Waals surface area contributed by atoms with Crippen LogP contribution in [0, 0.1) is 0 Å². The smallest absolute Gasteiger partial charge is 0.159 e. The van der Waals surface area contributed by atoms with Crippen LogP contribution in [0.4, 0.5) is 0 Å². The normalized spacial score (nSPS) is 13.6. The molecular weight excluding hydrogens is 340 g/mol. The molecule has 2 nitrogen and oxygen atoms in total. The van der Waals surface area contributed by atoms with Crippen molar-refractivity contribution in [2.45, 2.75) is 70.3 Å². The average molecular weight is 373 g/mol. The summed E-state index contributed by atoms with van der Waals surface area (Å²) in [5.41, 5.74) is 4.85. The highest BCUT2D eigenvalue weighted by Gasteiger charge is 2.28. The zero-order chi connectivity index (χ0) is 19.4. The van der Waals surface area contributed by atoms with Crippen LogP contribution in [0.25, 0.3) is 0 Å². The van der Waals surface area contributed by atoms with E-state index < -0.39 is 14.6 Å². The standard InChI is InChI=1S/C23H32O2S/c1-6-18(2)22-15-13-20(14-16-22)8-7-19-9-11-21(12-10-19)17-26(24,25)23(3,4)5/h9-16,18H,6-8,17H2,1-5H3. The molecular formula is C23H32O2S. The van der Waals surface area contributed by atoms with Crippen molar-refractivity contribution < 1.29 is 8.42 Å². The Labute approximate surface area is 159 Å². The van der Waals surface area contributed by atoms with Crippen LogP contribution in [0.1, 0.15) is 69.2 Å². The van der Waals surface area contributed by atoms with Crippen LogP contribution in [0.2, 0.25) is 0 Å². The highest BCUT2D eigenvalue weighted by atomic mass is 32.2. The van der Waals surface area contributed by atoms with E-state index in [1.54, 1.807) is 20.8 Å². The van der Waals surface area contributed by atoms with E-state index in [9.17, 15) is 8.42 Å². The van der Waals surface area contributed by atoms with Gasteiger partial charge in [0.05, 0.1) is 10.5 Å². The Balaban J connectivity index is 1.95. The third kappa shape index (κ3) is 5.44. The van der Waals surface area contributed by atoms with E-state index in [0.717, 1.165) is 24.8 Å². The summed E-state index contributed by atoms with van der Waals surface area (Å²) in [6.45, 7) is 9.74. The molecule has 0 saturated heterocycles. The van der Waals surface area contributed by atoms with E-state index in [0.29, 0.717) is 5.92 Å². The van der Waals surface area contributed by atoms with Crippen molar-refractivity contribution in [2.75, 3.05) is 0 Å². The minimum atomic E-state index is -3.13. The predicted molar refractivity (Wildman–Crippen MR) is 111 cm³/mol. The lowest BCUT2D eigenvalue weighted by Crippen LogP contribution is -2.29. The molecule has 26 heavy (non-hydrogen) atoms. The summed E-state index contributed by atoms with van der Waals surface area (Å²) in [5.74, 6) is 0.717. The summed E-state index contributed by atoms with van der Waals surface area (Å²) in [7, 11) is -3.13. The van der Waals surface area contributed by atoms with Gasteiger partial charge in [-0.1, -0.05) is 62.4 Å². The second-order valence-electron chi connectivity index (χ2n) is 8.24. The third-order valence-electron chi connectivity index (χ3n) is 5.18. The van der Waals surface area contributed by atoms with Gasteiger partial charge < -0.3 is 0 Å². The molecule has 0 radical (unpaired) electrons. The summed E-state index contributed by atoms with van der Waals surface area (Å²) in [6, 6.07) is 16.9. The maximum atomic E-state index is 12.3. The lowest BCUT2D eigenvalue weighted by Gasteiger charge is -2.19. The zero-order valence-corrected chi connectivity index (χ0v) is 17.6. The largest absolute Gasteiger partial charge is 0.228 e. The monoisotopic (exact) mass is 372 g/mol. The van der Waals surface area contributed by atoms with Crippen molar-refractivity contribution in [3.63, 3.8) is 0 Å². The van der Waals surface area contributed by atoms with Crippen molar-refractivity contribution in [2.24, 2.45) is 0 Å². The van der Waals surface area contributed by atoms with Crippen LogP contribution in [-0.4, -0.2) is 13.2 Å². The maximum absolute atomic E-state index is 12.3. The van der Waals surface area contributed by atoms with Crippen molar-refractivity contribution in [1.29, 1.82) is 0 Å². The van der Waals surface area contributed by atoms with E-state index in [-0.39, 0.29) is 5.75 Å². The second kappa shape index (κ2) is 8.39. The van der Waals surface area contributed by atoms with Gasteiger partial charge in [0.2, 0.25) is 0 Å². The summed E-state index contributed by atoms with van der Waals surface area (Å²) in [4.78, 5) is 0. The van der Waals surface area contributed by atoms with Crippen molar-refractivity contribution in [1.82, 2.24) is 0 Å². The van der Waals surface area contributed by atoms with Crippen LogP contribution in [0.3, 0.4) is 0 Å². The number of hydrogen-bond acceptors (Lipinski definition) is 2. The second-order valence-corrected chi connectivity index (χ2v) is 11.0. The Morgan fingerprint density at radius 3 is 1.65 bits per heavy atom. The zero-order valence-electron chi connectivity index (χ0n) is 16.7. The fourth-order valence-corrected chi connectivity index (χ4v) is 3.84. The molecule has 142 valence electrons. The molecule has 0 heterocycles. The number of benzene rings is 2. The summed E-state index contributed by atoms with van der Waals surface area (Å²) in [5, 5.41) is 0. The summed E-state index contributed by atoms with van der Waals surface area (Å²) in [6.07, 6.45) is 3.13. The number of hydrogen-bond donors (Lipinski definition) is 0. The van der Waals surface area contributed by atoms with Gasteiger partial charge in [-0.05, 0) is 68.2 Å². The molecule has 0 spiro atoms. The highest BCUT2D eigenvalue weighted by molar-refractivity contribution is 7.91. The van der Waals surface area contributed by atoms with Crippen molar-refractivity contribution in [3.8, 4) is 0 Å². The van der Waals surface area contributed by atoms with Crippen molar-refractivity contribution in [3.05, 3.63) is 70.8 Å². The van der Waals surface area contributed by atoms with Gasteiger partial charge in [0, 0.05) is 0 Å². The molecule has 0 bridgehead atoms. The first-order chi connectivity index (χ1) is 12.1. The van der Waals surface area contributed by atoms with Crippen LogP contribution in [-0.2, 0) is 28.4 Å². The van der Waals surface area contributed by atoms with Gasteiger partial charge in [-0.3, -0.25) is 0 Å². The Hall–Kier alpha value is -1.61. The molecule has 3 heteroatoms. The average Bonchev–Trinajstić information content (AvgIpc) is 2.59. The first-order valence-corrected chi connectivity index (χ1v) is 11.2. The molecule has 0 aliphatic rings. The van der Waals surface area contributed by atoms with E-state index in [4.69, 9.17) is 0 Å². The molecule has 2 aromatic carbocycles. The molecule has 2 aromatic rings. The minimum Gasteiger partial charge on any atom is -0.228 e. The SMILES string of the molecule is CCC(C)c1ccc(CCc2ccc(CS(=O)(=O)C(C)(C)C)cc2)cc1. The van der Waals surface area contributed by atoms with Gasteiger partial charge in [0.1, 0.15) is 0 Å². The molecule has 0 aliphatic heterocycles. The number of rotatable bonds is 7. The van der Waals surface area contributed by atoms with Crippen molar-refractivity contribution >= 4 is 9.84 Å². The number of aryl methyl sites for hydroxylation is 2. The maximum Gasteiger partial charge on any atom is 0.159 e. The molecule has 0 fully saturated rings. The van der Waals surface area contributed by atoms with E-state index in [2.05, 4.69) is 50.2 Å². The molecule has 0 N–H and O–H groups in total. The Morgan fingerprint density at radius 2 is 1.23 bits per heavy atom. The fourth-order valence-electron chi connectivity index (χ4n) is 2.78. The van der Waals surface area contributed by atoms with Gasteiger partial charge in [-0.2, -0.15) is 0 Å². The van der Waals surface area contributed by atoms with Crippen LogP contribution >= 0.6 is 0 Å². The summed E-state index contributed by atoms with van der Waals surface area (Å²) >= 11 is 0. The van der Waals surface area contributed by atoms with Gasteiger partial charge in [0.15, 0.2) is 9.84 Å². The Morgan fingerprint density at radius 1 is 0.808 bits per heavy atom. The lowest BCUT2D eigenvalue weighted by atomic mass is 9.96. The third-order valence-corrected chi connectivity index (χ3v) is 7.76. The van der Waals surface area contributed by atoms with Crippen LogP contribution < -0.4 is 0 Å². The fraction of sp³-hybridized carbons (Fsp3) is 0.478. The van der Waals surface area contributed by atoms with Gasteiger partial charge in [0.25, 0.3) is 0 Å². The topological polar surface area (TPSA) is 34.1 Å². The minimum absolute atomic E-state index is 0.105. The Bertz CT molecular complexity index is 795. The van der Waals surface area contributed by atoms with Gasteiger partial charge >= 0.3 is 0 Å². The summed E-state index contributed by atoms with van der Waals surface area (Å²) < 4.78 is 23.9. The van der Waals surface area contributed by atoms with Crippen LogP contribution in [0.5, 0.6) is 0 Å². The van der Waals surface area contributed by atoms with Gasteiger partial charge in [-0.25, -0.2) is 8.42 Å². The van der Waals surface area contributed by atoms with E-state index >= 15 is 0 Å². The molecule has 0 saturated carbocycles. The molecule has 2 rings (SSSR count). The Kier molecular flexibility index (Phi) is 6.68. The van der Waals surface area contributed by atoms with E-state index in [1.165, 1.54) is 16.7 Å².